The van der Waals surface area contributed by atoms with Crippen LogP contribution < -0.4 is 10.6 Å². The molecule has 14 heteroatoms. The Hall–Kier alpha value is -6.31. The lowest BCUT2D eigenvalue weighted by Crippen LogP contribution is -2.56. The Morgan fingerprint density at radius 2 is 1.44 bits per heavy atom. The van der Waals surface area contributed by atoms with Crippen LogP contribution in [0.25, 0.3) is 11.4 Å². The Balaban J connectivity index is 0.00000195. The molecule has 5 rings (SSSR count). The zero-order chi connectivity index (χ0) is 37.3. The van der Waals surface area contributed by atoms with Crippen molar-refractivity contribution >= 4 is 36.2 Å². The molecule has 1 unspecified atom stereocenters. The molecule has 0 radical (unpaired) electrons. The minimum absolute atomic E-state index is 0.0168. The van der Waals surface area contributed by atoms with Gasteiger partial charge in [-0.05, 0) is 30.9 Å². The first-order chi connectivity index (χ1) is 25.2. The number of benzene rings is 3. The number of hydrogen-bond acceptors (Lipinski definition) is 9. The number of anilines is 1. The number of nitrogens with one attached hydrogen (secondary N) is 2. The average molecular weight is 711 g/mol. The molecule has 4 N–H and O–H groups in total. The molecule has 2 heterocycles. The summed E-state index contributed by atoms with van der Waals surface area (Å²) in [5, 5.41) is 22.6. The van der Waals surface area contributed by atoms with E-state index in [2.05, 4.69) is 27.8 Å². The second kappa shape index (κ2) is 19.8. The number of carbonyl (C=O) groups excluding carboxylic acids is 3. The minimum atomic E-state index is -1.13. The van der Waals surface area contributed by atoms with Crippen LogP contribution in [0.5, 0.6) is 0 Å². The number of amides is 3. The molecule has 52 heavy (non-hydrogen) atoms. The molecule has 0 saturated carbocycles. The van der Waals surface area contributed by atoms with Gasteiger partial charge in [-0.1, -0.05) is 91.0 Å². The van der Waals surface area contributed by atoms with Crippen molar-refractivity contribution in [2.24, 2.45) is 0 Å². The monoisotopic (exact) mass is 710 g/mol. The maximum absolute atomic E-state index is 13.9. The number of nitrogens with zero attached hydrogens (tertiary/aromatic N) is 4. The highest BCUT2D eigenvalue weighted by atomic mass is 16.6. The highest BCUT2D eigenvalue weighted by molar-refractivity contribution is 5.97. The molecule has 0 spiro atoms. The van der Waals surface area contributed by atoms with Gasteiger partial charge in [0, 0.05) is 44.2 Å². The van der Waals surface area contributed by atoms with E-state index in [1.165, 1.54) is 9.80 Å². The lowest BCUT2D eigenvalue weighted by Gasteiger charge is -2.35. The largest absolute Gasteiger partial charge is 0.483 e. The fraction of sp³-hybridized carbons (Fsp3) is 0.289. The van der Waals surface area contributed by atoms with E-state index in [0.717, 1.165) is 11.1 Å². The summed E-state index contributed by atoms with van der Waals surface area (Å²) < 4.78 is 5.07. The van der Waals surface area contributed by atoms with E-state index in [1.807, 2.05) is 78.9 Å². The number of hydrogen-bond donors (Lipinski definition) is 4. The van der Waals surface area contributed by atoms with Gasteiger partial charge in [-0.3, -0.25) is 19.2 Å². The van der Waals surface area contributed by atoms with Crippen LogP contribution in [0.15, 0.2) is 97.1 Å². The smallest absolute Gasteiger partial charge is 0.409 e. The zero-order valence-electron chi connectivity index (χ0n) is 28.8. The third kappa shape index (κ3) is 11.4. The summed E-state index contributed by atoms with van der Waals surface area (Å²) in [5.74, 6) is -1.45. The van der Waals surface area contributed by atoms with Crippen molar-refractivity contribution in [1.29, 1.82) is 0 Å². The predicted octanol–water partition coefficient (Wildman–Crippen LogP) is 4.50. The van der Waals surface area contributed by atoms with E-state index in [4.69, 9.17) is 19.6 Å². The third-order valence-electron chi connectivity index (χ3n) is 8.17. The first kappa shape index (κ1) is 38.5. The normalized spacial score (nSPS) is 13.4. The standard InChI is InChI=1S/C37H40N6O6.CH2O2/c1-2-49-37(48)43-22-20-42(21-23-43)36(47)29(18-19-33(44)45)40-35(46)31-25-32(41-34(39-31)28-16-10-5-11-17-28)38-30(27-14-8-4-9-15-27)24-26-12-6-3-7-13-26;2-1-3/h3-17,25,29-30H,2,18-24H2,1H3,(H,40,46)(H,44,45)(H,38,39,41);1H,(H,2,3)/t29-,30?;/m0./s1. The molecular weight excluding hydrogens is 668 g/mol. The van der Waals surface area contributed by atoms with E-state index in [-0.39, 0.29) is 63.8 Å². The quantitative estimate of drug-likeness (QED) is 0.143. The third-order valence-corrected chi connectivity index (χ3v) is 8.17. The molecule has 272 valence electrons. The van der Waals surface area contributed by atoms with Crippen molar-refractivity contribution in [1.82, 2.24) is 25.1 Å². The Kier molecular flexibility index (Phi) is 14.6. The summed E-state index contributed by atoms with van der Waals surface area (Å²) in [4.78, 5) is 71.9. The molecule has 14 nitrogen and oxygen atoms in total. The zero-order valence-corrected chi connectivity index (χ0v) is 28.8. The number of rotatable bonds is 13. The van der Waals surface area contributed by atoms with E-state index in [9.17, 15) is 24.3 Å². The van der Waals surface area contributed by atoms with Crippen molar-refractivity contribution in [3.8, 4) is 11.4 Å². The van der Waals surface area contributed by atoms with Gasteiger partial charge >= 0.3 is 12.1 Å². The van der Waals surface area contributed by atoms with Gasteiger partial charge in [-0.2, -0.15) is 0 Å². The Labute approximate surface area is 301 Å². The molecule has 3 amide bonds. The number of aromatic nitrogens is 2. The van der Waals surface area contributed by atoms with Gasteiger partial charge in [0.15, 0.2) is 5.82 Å². The fourth-order valence-electron chi connectivity index (χ4n) is 5.62. The fourth-order valence-corrected chi connectivity index (χ4v) is 5.62. The van der Waals surface area contributed by atoms with E-state index >= 15 is 0 Å². The first-order valence-electron chi connectivity index (χ1n) is 16.8. The summed E-state index contributed by atoms with van der Waals surface area (Å²) in [7, 11) is 0. The molecule has 1 saturated heterocycles. The summed E-state index contributed by atoms with van der Waals surface area (Å²) in [6.45, 7) is 2.68. The number of ether oxygens (including phenoxy) is 1. The maximum atomic E-state index is 13.9. The van der Waals surface area contributed by atoms with Crippen molar-refractivity contribution < 1.29 is 38.9 Å². The van der Waals surface area contributed by atoms with Gasteiger partial charge < -0.3 is 35.4 Å². The number of carboxylic acids is 1. The molecule has 2 atom stereocenters. The van der Waals surface area contributed by atoms with Crippen LogP contribution in [-0.4, -0.2) is 99.2 Å². The highest BCUT2D eigenvalue weighted by Gasteiger charge is 2.31. The van der Waals surface area contributed by atoms with Crippen LogP contribution in [-0.2, 0) is 25.5 Å². The summed E-state index contributed by atoms with van der Waals surface area (Å²) in [6, 6.07) is 29.5. The summed E-state index contributed by atoms with van der Waals surface area (Å²) in [5.41, 5.74) is 2.85. The number of piperazine rings is 1. The lowest BCUT2D eigenvalue weighted by atomic mass is 9.99. The average Bonchev–Trinajstić information content (AvgIpc) is 3.17. The van der Waals surface area contributed by atoms with Gasteiger partial charge in [-0.25, -0.2) is 14.8 Å². The second-order valence-corrected chi connectivity index (χ2v) is 11.7. The molecule has 1 aliphatic heterocycles. The second-order valence-electron chi connectivity index (χ2n) is 11.7. The van der Waals surface area contributed by atoms with Crippen LogP contribution in [0, 0.1) is 0 Å². The van der Waals surface area contributed by atoms with Crippen LogP contribution in [0.2, 0.25) is 0 Å². The topological polar surface area (TPSA) is 191 Å². The molecule has 0 aliphatic carbocycles. The van der Waals surface area contributed by atoms with E-state index in [0.29, 0.717) is 23.6 Å². The van der Waals surface area contributed by atoms with Gasteiger partial charge in [0.25, 0.3) is 12.4 Å². The summed E-state index contributed by atoms with van der Waals surface area (Å²) >= 11 is 0. The van der Waals surface area contributed by atoms with E-state index < -0.39 is 29.9 Å². The molecular formula is C38H42N6O8. The Bertz CT molecular complexity index is 1770. The SMILES string of the molecule is CCOC(=O)N1CCN(C(=O)[C@H](CCC(=O)O)NC(=O)c2cc(NC(Cc3ccccc3)c3ccccc3)nc(-c3ccccc3)n2)CC1.O=CO. The van der Waals surface area contributed by atoms with Gasteiger partial charge in [0.2, 0.25) is 5.91 Å². The summed E-state index contributed by atoms with van der Waals surface area (Å²) in [6.07, 6.45) is -0.256. The minimum Gasteiger partial charge on any atom is -0.483 e. The van der Waals surface area contributed by atoms with Crippen molar-refractivity contribution in [2.75, 3.05) is 38.1 Å². The van der Waals surface area contributed by atoms with Crippen LogP contribution >= 0.6 is 0 Å². The van der Waals surface area contributed by atoms with Crippen molar-refractivity contribution in [3.05, 3.63) is 114 Å². The number of carbonyl (C=O) groups is 5. The molecule has 1 aromatic heterocycles. The first-order valence-corrected chi connectivity index (χ1v) is 16.8. The molecule has 1 fully saturated rings. The van der Waals surface area contributed by atoms with Crippen LogP contribution in [0.1, 0.15) is 47.4 Å². The number of aliphatic carboxylic acids is 1. The lowest BCUT2D eigenvalue weighted by molar-refractivity contribution is -0.138. The van der Waals surface area contributed by atoms with Crippen LogP contribution in [0.4, 0.5) is 10.6 Å². The van der Waals surface area contributed by atoms with E-state index in [1.54, 1.807) is 13.0 Å². The van der Waals surface area contributed by atoms with Crippen molar-refractivity contribution in [3.63, 3.8) is 0 Å². The molecule has 4 aromatic rings. The Morgan fingerprint density at radius 1 is 0.865 bits per heavy atom. The highest BCUT2D eigenvalue weighted by Crippen LogP contribution is 2.25. The van der Waals surface area contributed by atoms with Gasteiger partial charge in [0.1, 0.15) is 17.6 Å². The van der Waals surface area contributed by atoms with Gasteiger partial charge in [-0.15, -0.1) is 0 Å². The maximum Gasteiger partial charge on any atom is 0.409 e. The van der Waals surface area contributed by atoms with Crippen LogP contribution in [0.3, 0.4) is 0 Å². The molecule has 1 aliphatic rings. The van der Waals surface area contributed by atoms with Gasteiger partial charge in [0.05, 0.1) is 12.6 Å². The Morgan fingerprint density at radius 3 is 2.04 bits per heavy atom. The molecule has 0 bridgehead atoms. The molecule has 3 aromatic carbocycles. The predicted molar refractivity (Wildman–Crippen MR) is 192 cm³/mol. The number of carboxylic acid groups (broad SMARTS) is 2. The van der Waals surface area contributed by atoms with Crippen molar-refractivity contribution in [2.45, 2.75) is 38.3 Å².